The highest BCUT2D eigenvalue weighted by molar-refractivity contribution is 7.99. The summed E-state index contributed by atoms with van der Waals surface area (Å²) in [6, 6.07) is 8.27. The third kappa shape index (κ3) is 7.19. The Labute approximate surface area is 124 Å². The molecular weight excluding hydrogens is 274 g/mol. The van der Waals surface area contributed by atoms with Crippen LogP contribution >= 0.6 is 11.8 Å². The Bertz CT molecular complexity index is 431. The van der Waals surface area contributed by atoms with Gasteiger partial charge in [-0.3, -0.25) is 9.59 Å². The summed E-state index contributed by atoms with van der Waals surface area (Å²) < 4.78 is 4.78. The predicted molar refractivity (Wildman–Crippen MR) is 81.6 cm³/mol. The van der Waals surface area contributed by atoms with E-state index in [0.717, 1.165) is 5.75 Å². The molecule has 0 aliphatic carbocycles. The Balaban J connectivity index is 2.11. The van der Waals surface area contributed by atoms with Gasteiger partial charge in [0.15, 0.2) is 0 Å². The molecule has 0 bridgehead atoms. The van der Waals surface area contributed by atoms with Crippen molar-refractivity contribution in [2.45, 2.75) is 26.0 Å². The first-order valence-electron chi connectivity index (χ1n) is 6.67. The Hall–Kier alpha value is -1.49. The van der Waals surface area contributed by atoms with Crippen LogP contribution in [0.5, 0.6) is 0 Å². The second-order valence-corrected chi connectivity index (χ2v) is 5.37. The van der Waals surface area contributed by atoms with E-state index in [9.17, 15) is 9.59 Å². The number of nitrogens with one attached hydrogen (secondary N) is 1. The van der Waals surface area contributed by atoms with Crippen molar-refractivity contribution in [2.75, 3.05) is 18.9 Å². The second kappa shape index (κ2) is 9.42. The van der Waals surface area contributed by atoms with E-state index in [1.807, 2.05) is 6.92 Å². The van der Waals surface area contributed by atoms with Crippen LogP contribution in [0.25, 0.3) is 0 Å². The summed E-state index contributed by atoms with van der Waals surface area (Å²) in [5, 5.41) is 2.71. The normalized spacial score (nSPS) is 10.1. The molecule has 0 spiro atoms. The maximum atomic E-state index is 11.5. The van der Waals surface area contributed by atoms with Gasteiger partial charge in [0.05, 0.1) is 18.8 Å². The summed E-state index contributed by atoms with van der Waals surface area (Å²) in [5.41, 5.74) is 2.44. The van der Waals surface area contributed by atoms with Gasteiger partial charge in [0.1, 0.15) is 0 Å². The molecule has 0 aromatic heterocycles. The molecule has 1 aromatic carbocycles. The number of benzene rings is 1. The molecule has 0 saturated carbocycles. The molecule has 0 aliphatic heterocycles. The highest BCUT2D eigenvalue weighted by Crippen LogP contribution is 2.12. The highest BCUT2D eigenvalue weighted by atomic mass is 32.2. The second-order valence-electron chi connectivity index (χ2n) is 4.38. The molecule has 1 N–H and O–H groups in total. The molecule has 0 radical (unpaired) electrons. The topological polar surface area (TPSA) is 55.4 Å². The molecule has 0 fully saturated rings. The molecule has 0 unspecified atom stereocenters. The molecular formula is C15H21NO3S. The van der Waals surface area contributed by atoms with Crippen LogP contribution in [0.2, 0.25) is 0 Å². The van der Waals surface area contributed by atoms with Crippen LogP contribution in [0.3, 0.4) is 0 Å². The van der Waals surface area contributed by atoms with Crippen LogP contribution in [0.15, 0.2) is 24.3 Å². The van der Waals surface area contributed by atoms with Crippen LogP contribution in [-0.4, -0.2) is 30.8 Å². The first-order chi connectivity index (χ1) is 9.61. The number of ether oxygens (including phenoxy) is 1. The minimum atomic E-state index is -0.278. The summed E-state index contributed by atoms with van der Waals surface area (Å²) in [4.78, 5) is 22.6. The molecule has 0 heterocycles. The van der Waals surface area contributed by atoms with Crippen molar-refractivity contribution in [1.29, 1.82) is 0 Å². The minimum Gasteiger partial charge on any atom is -0.466 e. The quantitative estimate of drug-likeness (QED) is 0.748. The third-order valence-corrected chi connectivity index (χ3v) is 3.58. The largest absolute Gasteiger partial charge is 0.466 e. The number of carbonyl (C=O) groups excluding carboxylic acids is 2. The number of hydrogen-bond donors (Lipinski definition) is 1. The fraction of sp³-hybridized carbons (Fsp3) is 0.467. The lowest BCUT2D eigenvalue weighted by Gasteiger charge is -2.05. The molecule has 1 rings (SSSR count). The summed E-state index contributed by atoms with van der Waals surface area (Å²) in [6.45, 7) is 4.52. The summed E-state index contributed by atoms with van der Waals surface area (Å²) in [5.74, 6) is 0.883. The van der Waals surface area contributed by atoms with Crippen molar-refractivity contribution >= 4 is 23.6 Å². The molecule has 5 heteroatoms. The lowest BCUT2D eigenvalue weighted by atomic mass is 10.2. The zero-order valence-electron chi connectivity index (χ0n) is 12.0. The average molecular weight is 295 g/mol. The number of esters is 1. The van der Waals surface area contributed by atoms with Gasteiger partial charge in [-0.25, -0.2) is 0 Å². The molecule has 20 heavy (non-hydrogen) atoms. The maximum absolute atomic E-state index is 11.5. The Morgan fingerprint density at radius 3 is 2.60 bits per heavy atom. The molecule has 4 nitrogen and oxygen atoms in total. The Morgan fingerprint density at radius 1 is 1.25 bits per heavy atom. The number of thioether (sulfide) groups is 1. The van der Waals surface area contributed by atoms with E-state index in [1.165, 1.54) is 11.1 Å². The van der Waals surface area contributed by atoms with Gasteiger partial charge in [-0.2, -0.15) is 0 Å². The standard InChI is InChI=1S/C15H21NO3S/c1-3-19-15(18)8-9-16-14(17)11-20-10-13-6-4-12(2)5-7-13/h4-7H,3,8-11H2,1-2H3,(H,16,17). The van der Waals surface area contributed by atoms with E-state index in [0.29, 0.717) is 18.9 Å². The molecule has 1 amide bonds. The van der Waals surface area contributed by atoms with Crippen LogP contribution in [-0.2, 0) is 20.1 Å². The summed E-state index contributed by atoms with van der Waals surface area (Å²) in [7, 11) is 0. The molecule has 0 saturated heterocycles. The zero-order valence-corrected chi connectivity index (χ0v) is 12.8. The number of rotatable bonds is 8. The zero-order chi connectivity index (χ0) is 14.8. The van der Waals surface area contributed by atoms with Gasteiger partial charge in [0.25, 0.3) is 0 Å². The summed E-state index contributed by atoms with van der Waals surface area (Å²) >= 11 is 1.56. The third-order valence-electron chi connectivity index (χ3n) is 2.58. The van der Waals surface area contributed by atoms with Gasteiger partial charge >= 0.3 is 5.97 Å². The number of amides is 1. The Kier molecular flexibility index (Phi) is 7.80. The van der Waals surface area contributed by atoms with Crippen LogP contribution in [0, 0.1) is 6.92 Å². The van der Waals surface area contributed by atoms with Crippen molar-refractivity contribution in [3.05, 3.63) is 35.4 Å². The van der Waals surface area contributed by atoms with E-state index < -0.39 is 0 Å². The predicted octanol–water partition coefficient (Wildman–Crippen LogP) is 2.30. The monoisotopic (exact) mass is 295 g/mol. The smallest absolute Gasteiger partial charge is 0.307 e. The first kappa shape index (κ1) is 16.6. The van der Waals surface area contributed by atoms with Gasteiger partial charge in [0, 0.05) is 12.3 Å². The van der Waals surface area contributed by atoms with Gasteiger partial charge in [-0.05, 0) is 19.4 Å². The number of hydrogen-bond acceptors (Lipinski definition) is 4. The molecule has 110 valence electrons. The number of aryl methyl sites for hydroxylation is 1. The van der Waals surface area contributed by atoms with E-state index in [2.05, 4.69) is 29.6 Å². The fourth-order valence-electron chi connectivity index (χ4n) is 1.53. The van der Waals surface area contributed by atoms with Gasteiger partial charge in [-0.1, -0.05) is 29.8 Å². The van der Waals surface area contributed by atoms with Gasteiger partial charge < -0.3 is 10.1 Å². The van der Waals surface area contributed by atoms with Gasteiger partial charge in [0.2, 0.25) is 5.91 Å². The van der Waals surface area contributed by atoms with Crippen molar-refractivity contribution in [3.63, 3.8) is 0 Å². The van der Waals surface area contributed by atoms with E-state index >= 15 is 0 Å². The highest BCUT2D eigenvalue weighted by Gasteiger charge is 2.04. The van der Waals surface area contributed by atoms with E-state index in [1.54, 1.807) is 18.7 Å². The van der Waals surface area contributed by atoms with E-state index in [-0.39, 0.29) is 18.3 Å². The number of carbonyl (C=O) groups is 2. The fourth-order valence-corrected chi connectivity index (χ4v) is 2.35. The van der Waals surface area contributed by atoms with Gasteiger partial charge in [-0.15, -0.1) is 11.8 Å². The molecule has 0 aliphatic rings. The van der Waals surface area contributed by atoms with Crippen LogP contribution in [0.4, 0.5) is 0 Å². The average Bonchev–Trinajstić information content (AvgIpc) is 2.41. The van der Waals surface area contributed by atoms with Crippen molar-refractivity contribution in [3.8, 4) is 0 Å². The van der Waals surface area contributed by atoms with Crippen LogP contribution < -0.4 is 5.32 Å². The molecule has 1 aromatic rings. The van der Waals surface area contributed by atoms with Crippen LogP contribution in [0.1, 0.15) is 24.5 Å². The summed E-state index contributed by atoms with van der Waals surface area (Å²) in [6.07, 6.45) is 0.224. The minimum absolute atomic E-state index is 0.0496. The van der Waals surface area contributed by atoms with Crippen molar-refractivity contribution < 1.29 is 14.3 Å². The first-order valence-corrected chi connectivity index (χ1v) is 7.83. The van der Waals surface area contributed by atoms with Crippen molar-refractivity contribution in [2.24, 2.45) is 0 Å². The Morgan fingerprint density at radius 2 is 1.95 bits per heavy atom. The lowest BCUT2D eigenvalue weighted by molar-refractivity contribution is -0.142. The maximum Gasteiger partial charge on any atom is 0.307 e. The van der Waals surface area contributed by atoms with E-state index in [4.69, 9.17) is 4.74 Å². The molecule has 0 atom stereocenters. The SMILES string of the molecule is CCOC(=O)CCNC(=O)CSCc1ccc(C)cc1. The van der Waals surface area contributed by atoms with Crippen molar-refractivity contribution in [1.82, 2.24) is 5.32 Å². The lowest BCUT2D eigenvalue weighted by Crippen LogP contribution is -2.28.